The fraction of sp³-hybridized carbons (Fsp3) is 0.294. The van der Waals surface area contributed by atoms with E-state index in [-0.39, 0.29) is 6.04 Å². The molecule has 0 heterocycles. The van der Waals surface area contributed by atoms with E-state index < -0.39 is 0 Å². The van der Waals surface area contributed by atoms with E-state index >= 15 is 0 Å². The maximum Gasteiger partial charge on any atom is 0.133 e. The van der Waals surface area contributed by atoms with Crippen LogP contribution in [0.2, 0.25) is 0 Å². The minimum atomic E-state index is 0.276. The van der Waals surface area contributed by atoms with E-state index in [0.29, 0.717) is 6.61 Å². The van der Waals surface area contributed by atoms with Crippen molar-refractivity contribution in [2.45, 2.75) is 19.4 Å². The van der Waals surface area contributed by atoms with E-state index in [0.717, 1.165) is 21.1 Å². The Bertz CT molecular complexity index is 584. The van der Waals surface area contributed by atoms with Gasteiger partial charge in [0.15, 0.2) is 0 Å². The molecule has 0 bridgehead atoms. The van der Waals surface area contributed by atoms with Crippen molar-refractivity contribution in [1.29, 1.82) is 0 Å². The van der Waals surface area contributed by atoms with Crippen LogP contribution < -0.4 is 10.1 Å². The Balaban J connectivity index is 2.17. The van der Waals surface area contributed by atoms with Gasteiger partial charge in [0.25, 0.3) is 0 Å². The molecule has 0 saturated heterocycles. The number of nitrogens with one attached hydrogen (secondary N) is 1. The number of halogens is 2. The molecule has 21 heavy (non-hydrogen) atoms. The van der Waals surface area contributed by atoms with Crippen molar-refractivity contribution in [1.82, 2.24) is 5.32 Å². The van der Waals surface area contributed by atoms with Gasteiger partial charge in [-0.25, -0.2) is 0 Å². The van der Waals surface area contributed by atoms with Gasteiger partial charge in [0, 0.05) is 10.5 Å². The number of rotatable bonds is 6. The van der Waals surface area contributed by atoms with Gasteiger partial charge in [-0.2, -0.15) is 0 Å². The van der Waals surface area contributed by atoms with Crippen LogP contribution in [0.15, 0.2) is 51.4 Å². The molecule has 1 unspecified atom stereocenters. The summed E-state index contributed by atoms with van der Waals surface area (Å²) >= 11 is 7.05. The highest BCUT2D eigenvalue weighted by Gasteiger charge is 2.12. The summed E-state index contributed by atoms with van der Waals surface area (Å²) in [6.07, 6.45) is 0.949. The molecular weight excluding hydrogens is 394 g/mol. The first-order valence-corrected chi connectivity index (χ1v) is 8.56. The molecule has 0 saturated carbocycles. The summed E-state index contributed by atoms with van der Waals surface area (Å²) in [6.45, 7) is 2.66. The molecule has 0 fully saturated rings. The molecule has 4 heteroatoms. The van der Waals surface area contributed by atoms with Gasteiger partial charge in [-0.05, 0) is 71.7 Å². The number of ether oxygens (including phenoxy) is 1. The molecule has 2 nitrogen and oxygen atoms in total. The molecule has 2 aromatic carbocycles. The Kier molecular flexibility index (Phi) is 6.27. The smallest absolute Gasteiger partial charge is 0.133 e. The van der Waals surface area contributed by atoms with Crippen molar-refractivity contribution in [3.05, 3.63) is 62.5 Å². The standard InChI is InChI=1S/C17H19Br2NO/c1-3-21-17-9-6-13(11-15(17)19)16(20-2)10-12-4-7-14(18)8-5-12/h4-9,11,16,20H,3,10H2,1-2H3. The Morgan fingerprint density at radius 3 is 2.38 bits per heavy atom. The Morgan fingerprint density at radius 1 is 1.10 bits per heavy atom. The van der Waals surface area contributed by atoms with Crippen molar-refractivity contribution in [2.24, 2.45) is 0 Å². The van der Waals surface area contributed by atoms with Crippen LogP contribution in [-0.4, -0.2) is 13.7 Å². The maximum absolute atomic E-state index is 5.56. The average Bonchev–Trinajstić information content (AvgIpc) is 2.49. The maximum atomic E-state index is 5.56. The second kappa shape index (κ2) is 7.97. The molecule has 1 N–H and O–H groups in total. The summed E-state index contributed by atoms with van der Waals surface area (Å²) in [5.41, 5.74) is 2.55. The minimum Gasteiger partial charge on any atom is -0.493 e. The first kappa shape index (κ1) is 16.5. The van der Waals surface area contributed by atoms with E-state index in [1.165, 1.54) is 11.1 Å². The van der Waals surface area contributed by atoms with Crippen LogP contribution in [0, 0.1) is 0 Å². The largest absolute Gasteiger partial charge is 0.493 e. The van der Waals surface area contributed by atoms with Crippen LogP contribution in [0.1, 0.15) is 24.1 Å². The molecule has 0 aromatic heterocycles. The monoisotopic (exact) mass is 411 g/mol. The molecule has 0 aliphatic carbocycles. The lowest BCUT2D eigenvalue weighted by atomic mass is 9.99. The first-order valence-electron chi connectivity index (χ1n) is 6.98. The lowest BCUT2D eigenvalue weighted by Crippen LogP contribution is -2.18. The van der Waals surface area contributed by atoms with Gasteiger partial charge < -0.3 is 10.1 Å². The molecule has 2 rings (SSSR count). The van der Waals surface area contributed by atoms with Crippen LogP contribution in [0.3, 0.4) is 0 Å². The van der Waals surface area contributed by atoms with Crippen molar-refractivity contribution >= 4 is 31.9 Å². The zero-order chi connectivity index (χ0) is 15.2. The van der Waals surface area contributed by atoms with E-state index in [1.807, 2.05) is 20.0 Å². The number of likely N-dealkylation sites (N-methyl/N-ethyl adjacent to an activating group) is 1. The van der Waals surface area contributed by atoms with Gasteiger partial charge in [-0.1, -0.05) is 34.1 Å². The highest BCUT2D eigenvalue weighted by Crippen LogP contribution is 2.29. The normalized spacial score (nSPS) is 12.2. The first-order chi connectivity index (χ1) is 10.1. The zero-order valence-electron chi connectivity index (χ0n) is 12.2. The Labute approximate surface area is 143 Å². The highest BCUT2D eigenvalue weighted by molar-refractivity contribution is 9.10. The van der Waals surface area contributed by atoms with Gasteiger partial charge in [0.2, 0.25) is 0 Å². The van der Waals surface area contributed by atoms with Crippen molar-refractivity contribution in [2.75, 3.05) is 13.7 Å². The van der Waals surface area contributed by atoms with Crippen LogP contribution in [0.5, 0.6) is 5.75 Å². The van der Waals surface area contributed by atoms with Gasteiger partial charge in [0.1, 0.15) is 5.75 Å². The third-order valence-corrected chi connectivity index (χ3v) is 4.51. The molecule has 0 aliphatic rings. The lowest BCUT2D eigenvalue weighted by molar-refractivity contribution is 0.338. The van der Waals surface area contributed by atoms with E-state index in [4.69, 9.17) is 4.74 Å². The second-order valence-electron chi connectivity index (χ2n) is 4.79. The molecule has 0 spiro atoms. The molecule has 0 aliphatic heterocycles. The third kappa shape index (κ3) is 4.56. The molecule has 1 atom stereocenters. The number of hydrogen-bond donors (Lipinski definition) is 1. The number of hydrogen-bond acceptors (Lipinski definition) is 2. The third-order valence-electron chi connectivity index (χ3n) is 3.36. The SMILES string of the molecule is CCOc1ccc(C(Cc2ccc(Br)cc2)NC)cc1Br. The summed E-state index contributed by atoms with van der Waals surface area (Å²) in [5.74, 6) is 0.889. The number of benzene rings is 2. The summed E-state index contributed by atoms with van der Waals surface area (Å²) in [4.78, 5) is 0. The van der Waals surface area contributed by atoms with Gasteiger partial charge in [-0.15, -0.1) is 0 Å². The molecule has 0 radical (unpaired) electrons. The van der Waals surface area contributed by atoms with Crippen LogP contribution in [0.4, 0.5) is 0 Å². The lowest BCUT2D eigenvalue weighted by Gasteiger charge is -2.18. The molecule has 0 amide bonds. The van der Waals surface area contributed by atoms with Crippen LogP contribution in [-0.2, 0) is 6.42 Å². The zero-order valence-corrected chi connectivity index (χ0v) is 15.4. The summed E-state index contributed by atoms with van der Waals surface area (Å²) < 4.78 is 7.67. The predicted molar refractivity (Wildman–Crippen MR) is 95.0 cm³/mol. The molecule has 2 aromatic rings. The van der Waals surface area contributed by atoms with Gasteiger partial charge in [-0.3, -0.25) is 0 Å². The second-order valence-corrected chi connectivity index (χ2v) is 6.56. The van der Waals surface area contributed by atoms with Crippen LogP contribution in [0.25, 0.3) is 0 Å². The van der Waals surface area contributed by atoms with E-state index in [2.05, 4.69) is 73.6 Å². The fourth-order valence-corrected chi connectivity index (χ4v) is 3.02. The minimum absolute atomic E-state index is 0.276. The van der Waals surface area contributed by atoms with Crippen molar-refractivity contribution < 1.29 is 4.74 Å². The summed E-state index contributed by atoms with van der Waals surface area (Å²) in [6, 6.07) is 15.0. The van der Waals surface area contributed by atoms with Gasteiger partial charge >= 0.3 is 0 Å². The van der Waals surface area contributed by atoms with Crippen molar-refractivity contribution in [3.8, 4) is 5.75 Å². The molecule has 112 valence electrons. The quantitative estimate of drug-likeness (QED) is 0.711. The fourth-order valence-electron chi connectivity index (χ4n) is 2.25. The molecular formula is C17H19Br2NO. The highest BCUT2D eigenvalue weighted by atomic mass is 79.9. The topological polar surface area (TPSA) is 21.3 Å². The van der Waals surface area contributed by atoms with Gasteiger partial charge in [0.05, 0.1) is 11.1 Å². The van der Waals surface area contributed by atoms with Crippen molar-refractivity contribution in [3.63, 3.8) is 0 Å². The van der Waals surface area contributed by atoms with Crippen LogP contribution >= 0.6 is 31.9 Å². The van der Waals surface area contributed by atoms with E-state index in [1.54, 1.807) is 0 Å². The van der Waals surface area contributed by atoms with E-state index in [9.17, 15) is 0 Å². The average molecular weight is 413 g/mol. The summed E-state index contributed by atoms with van der Waals surface area (Å²) in [7, 11) is 1.99. The Hall–Kier alpha value is -0.840. The predicted octanol–water partition coefficient (Wildman–Crippen LogP) is 5.11. The summed E-state index contributed by atoms with van der Waals surface area (Å²) in [5, 5.41) is 3.39. The Morgan fingerprint density at radius 2 is 1.81 bits per heavy atom.